The molecule has 2 saturated heterocycles. The average Bonchev–Trinajstić information content (AvgIpc) is 3.47. The topological polar surface area (TPSA) is 87.7 Å². The molecule has 1 aromatic rings. The SMILES string of the molecule is CC(C)CCN1C(=O)[C@H]2[C@@H](C(=O)Nc3ccc(Br)cc3)[C@H]3C=C[C@@]2(O3)[C@@H]1C(=O)NC1CCCCC1. The molecule has 3 amide bonds. The molecule has 188 valence electrons. The van der Waals surface area contributed by atoms with E-state index in [2.05, 4.69) is 40.4 Å². The van der Waals surface area contributed by atoms with E-state index < -0.39 is 29.6 Å². The lowest BCUT2D eigenvalue weighted by molar-refractivity contribution is -0.141. The van der Waals surface area contributed by atoms with Crippen molar-refractivity contribution in [3.8, 4) is 0 Å². The molecule has 1 aromatic carbocycles. The number of nitrogens with one attached hydrogen (secondary N) is 2. The van der Waals surface area contributed by atoms with Crippen LogP contribution in [0.15, 0.2) is 40.9 Å². The number of carbonyl (C=O) groups is 3. The van der Waals surface area contributed by atoms with Gasteiger partial charge in [0.15, 0.2) is 0 Å². The summed E-state index contributed by atoms with van der Waals surface area (Å²) in [6, 6.07) is 6.71. The van der Waals surface area contributed by atoms with Crippen molar-refractivity contribution in [1.29, 1.82) is 0 Å². The zero-order chi connectivity index (χ0) is 24.7. The summed E-state index contributed by atoms with van der Waals surface area (Å²) in [7, 11) is 0. The maximum Gasteiger partial charge on any atom is 0.246 e. The second kappa shape index (κ2) is 9.69. The third-order valence-corrected chi connectivity index (χ3v) is 8.46. The van der Waals surface area contributed by atoms with Crippen LogP contribution in [-0.4, -0.2) is 53.0 Å². The number of benzene rings is 1. The molecule has 1 saturated carbocycles. The van der Waals surface area contributed by atoms with Gasteiger partial charge in [-0.1, -0.05) is 61.2 Å². The van der Waals surface area contributed by atoms with Crippen LogP contribution in [0.25, 0.3) is 0 Å². The first kappa shape index (κ1) is 24.5. The molecule has 1 spiro atoms. The standard InChI is InChI=1S/C27H34BrN3O4/c1-16(2)13-15-31-23(25(33)30-18-6-4-3-5-7-18)27-14-12-20(35-27)21(22(27)26(31)34)24(32)29-19-10-8-17(28)9-11-19/h8-12,14,16,18,20-23H,3-7,13,15H2,1-2H3,(H,29,32)(H,30,33)/t20-,21+,22-,23+,27+/m1/s1. The highest BCUT2D eigenvalue weighted by Crippen LogP contribution is 2.55. The maximum absolute atomic E-state index is 13.8. The summed E-state index contributed by atoms with van der Waals surface area (Å²) in [5, 5.41) is 6.18. The predicted molar refractivity (Wildman–Crippen MR) is 136 cm³/mol. The highest BCUT2D eigenvalue weighted by atomic mass is 79.9. The van der Waals surface area contributed by atoms with Crippen molar-refractivity contribution in [2.75, 3.05) is 11.9 Å². The van der Waals surface area contributed by atoms with Crippen LogP contribution in [0.2, 0.25) is 0 Å². The Morgan fingerprint density at radius 3 is 2.54 bits per heavy atom. The van der Waals surface area contributed by atoms with Gasteiger partial charge in [-0.05, 0) is 49.4 Å². The second-order valence-electron chi connectivity index (χ2n) is 10.8. The fourth-order valence-corrected chi connectivity index (χ4v) is 6.46. The third-order valence-electron chi connectivity index (χ3n) is 7.94. The van der Waals surface area contributed by atoms with Gasteiger partial charge in [0.05, 0.1) is 17.9 Å². The molecule has 5 atom stereocenters. The number of hydrogen-bond donors (Lipinski definition) is 2. The van der Waals surface area contributed by atoms with Crippen LogP contribution in [0, 0.1) is 17.8 Å². The lowest BCUT2D eigenvalue weighted by atomic mass is 9.74. The summed E-state index contributed by atoms with van der Waals surface area (Å²) in [6.45, 7) is 4.68. The highest BCUT2D eigenvalue weighted by Gasteiger charge is 2.72. The number of halogens is 1. The number of rotatable bonds is 7. The molecule has 35 heavy (non-hydrogen) atoms. The summed E-state index contributed by atoms with van der Waals surface area (Å²) in [4.78, 5) is 42.7. The smallest absolute Gasteiger partial charge is 0.246 e. The van der Waals surface area contributed by atoms with Gasteiger partial charge in [0.2, 0.25) is 17.7 Å². The van der Waals surface area contributed by atoms with Crippen LogP contribution in [0.1, 0.15) is 52.4 Å². The lowest BCUT2D eigenvalue weighted by Crippen LogP contribution is -2.56. The Kier molecular flexibility index (Phi) is 6.79. The molecule has 2 bridgehead atoms. The summed E-state index contributed by atoms with van der Waals surface area (Å²) in [5.41, 5.74) is -0.438. The number of anilines is 1. The van der Waals surface area contributed by atoms with Crippen LogP contribution in [0.4, 0.5) is 5.69 Å². The van der Waals surface area contributed by atoms with Crippen LogP contribution >= 0.6 is 15.9 Å². The Hall–Kier alpha value is -2.19. The molecule has 3 heterocycles. The number of carbonyl (C=O) groups excluding carboxylic acids is 3. The Labute approximate surface area is 215 Å². The molecule has 4 aliphatic rings. The van der Waals surface area contributed by atoms with Gasteiger partial charge in [0.1, 0.15) is 11.6 Å². The number of amides is 3. The summed E-state index contributed by atoms with van der Waals surface area (Å²) in [6.07, 6.45) is 9.35. The van der Waals surface area contributed by atoms with Gasteiger partial charge in [0, 0.05) is 22.7 Å². The van der Waals surface area contributed by atoms with Gasteiger partial charge >= 0.3 is 0 Å². The van der Waals surface area contributed by atoms with Gasteiger partial charge < -0.3 is 20.3 Å². The Morgan fingerprint density at radius 2 is 1.86 bits per heavy atom. The van der Waals surface area contributed by atoms with Crippen molar-refractivity contribution < 1.29 is 19.1 Å². The summed E-state index contributed by atoms with van der Waals surface area (Å²) in [5.74, 6) is -1.56. The van der Waals surface area contributed by atoms with Crippen LogP contribution in [0.5, 0.6) is 0 Å². The van der Waals surface area contributed by atoms with Crippen molar-refractivity contribution in [1.82, 2.24) is 10.2 Å². The molecular weight excluding hydrogens is 510 g/mol. The van der Waals surface area contributed by atoms with Crippen molar-refractivity contribution in [2.24, 2.45) is 17.8 Å². The average molecular weight is 544 g/mol. The molecule has 0 unspecified atom stereocenters. The minimum absolute atomic E-state index is 0.132. The van der Waals surface area contributed by atoms with Crippen LogP contribution in [-0.2, 0) is 19.1 Å². The quantitative estimate of drug-likeness (QED) is 0.508. The Balaban J connectivity index is 1.42. The van der Waals surface area contributed by atoms with Gasteiger partial charge in [-0.15, -0.1) is 0 Å². The number of fused-ring (bicyclic) bond motifs is 1. The molecule has 5 rings (SSSR count). The van der Waals surface area contributed by atoms with Gasteiger partial charge in [-0.2, -0.15) is 0 Å². The second-order valence-corrected chi connectivity index (χ2v) is 11.7. The molecule has 3 aliphatic heterocycles. The van der Waals surface area contributed by atoms with Gasteiger partial charge in [0.25, 0.3) is 0 Å². The molecule has 3 fully saturated rings. The minimum Gasteiger partial charge on any atom is -0.359 e. The van der Waals surface area contributed by atoms with Crippen LogP contribution in [0.3, 0.4) is 0 Å². The van der Waals surface area contributed by atoms with Crippen LogP contribution < -0.4 is 10.6 Å². The number of nitrogens with zero attached hydrogens (tertiary/aromatic N) is 1. The van der Waals surface area contributed by atoms with E-state index in [1.54, 1.807) is 4.90 Å². The summed E-state index contributed by atoms with van der Waals surface area (Å²) >= 11 is 3.41. The first-order valence-corrected chi connectivity index (χ1v) is 13.6. The largest absolute Gasteiger partial charge is 0.359 e. The monoisotopic (exact) mass is 543 g/mol. The first-order valence-electron chi connectivity index (χ1n) is 12.8. The Bertz CT molecular complexity index is 1020. The van der Waals surface area contributed by atoms with E-state index in [-0.39, 0.29) is 23.8 Å². The van der Waals surface area contributed by atoms with E-state index in [1.807, 2.05) is 36.4 Å². The van der Waals surface area contributed by atoms with E-state index in [0.29, 0.717) is 18.2 Å². The zero-order valence-corrected chi connectivity index (χ0v) is 21.9. The van der Waals surface area contributed by atoms with Crippen molar-refractivity contribution in [3.05, 3.63) is 40.9 Å². The number of ether oxygens (including phenoxy) is 1. The first-order chi connectivity index (χ1) is 16.8. The number of likely N-dealkylation sites (tertiary alicyclic amines) is 1. The van der Waals surface area contributed by atoms with Crippen molar-refractivity contribution in [2.45, 2.75) is 76.2 Å². The van der Waals surface area contributed by atoms with E-state index in [9.17, 15) is 14.4 Å². The van der Waals surface area contributed by atoms with E-state index in [4.69, 9.17) is 4.74 Å². The predicted octanol–water partition coefficient (Wildman–Crippen LogP) is 4.03. The molecule has 1 aliphatic carbocycles. The minimum atomic E-state index is -1.10. The maximum atomic E-state index is 13.8. The molecule has 0 radical (unpaired) electrons. The van der Waals surface area contributed by atoms with Gasteiger partial charge in [-0.3, -0.25) is 14.4 Å². The van der Waals surface area contributed by atoms with Crippen molar-refractivity contribution >= 4 is 39.3 Å². The summed E-state index contributed by atoms with van der Waals surface area (Å²) < 4.78 is 7.32. The fourth-order valence-electron chi connectivity index (χ4n) is 6.19. The fraction of sp³-hybridized carbons (Fsp3) is 0.593. The van der Waals surface area contributed by atoms with Gasteiger partial charge in [-0.25, -0.2) is 0 Å². The van der Waals surface area contributed by atoms with Crippen molar-refractivity contribution in [3.63, 3.8) is 0 Å². The third kappa shape index (κ3) is 4.44. The molecule has 7 nitrogen and oxygen atoms in total. The van der Waals surface area contributed by atoms with E-state index in [0.717, 1.165) is 36.6 Å². The van der Waals surface area contributed by atoms with E-state index >= 15 is 0 Å². The highest BCUT2D eigenvalue weighted by molar-refractivity contribution is 9.10. The number of hydrogen-bond acceptors (Lipinski definition) is 4. The normalized spacial score (nSPS) is 31.8. The zero-order valence-electron chi connectivity index (χ0n) is 20.3. The molecular formula is C27H34BrN3O4. The Morgan fingerprint density at radius 1 is 1.14 bits per heavy atom. The molecule has 2 N–H and O–H groups in total. The molecule has 8 heteroatoms. The lowest BCUT2D eigenvalue weighted by Gasteiger charge is -2.34. The molecule has 0 aromatic heterocycles. The van der Waals surface area contributed by atoms with E-state index in [1.165, 1.54) is 6.42 Å².